The van der Waals surface area contributed by atoms with Gasteiger partial charge in [-0.2, -0.15) is 5.26 Å². The third-order valence-electron chi connectivity index (χ3n) is 9.37. The fourth-order valence-corrected chi connectivity index (χ4v) is 6.87. The van der Waals surface area contributed by atoms with Crippen molar-refractivity contribution in [2.45, 2.75) is 109 Å². The van der Waals surface area contributed by atoms with Crippen molar-refractivity contribution in [3.63, 3.8) is 0 Å². The molecule has 0 aromatic heterocycles. The van der Waals surface area contributed by atoms with Crippen LogP contribution >= 0.6 is 0 Å². The molecule has 2 atom stereocenters. The highest BCUT2D eigenvalue weighted by molar-refractivity contribution is 6.04. The Hall–Kier alpha value is -3.85. The number of methoxy groups -OCH3 is 1. The summed E-state index contributed by atoms with van der Waals surface area (Å²) in [6.45, 7) is 9.94. The molecule has 4 aliphatic rings. The minimum Gasteiger partial charge on any atom is -0.476 e. The van der Waals surface area contributed by atoms with Crippen LogP contribution in [0.5, 0.6) is 5.75 Å². The molecule has 0 radical (unpaired) electrons. The Labute approximate surface area is 277 Å². The quantitative estimate of drug-likeness (QED) is 0.384. The Morgan fingerprint density at radius 3 is 2.43 bits per heavy atom. The van der Waals surface area contributed by atoms with Gasteiger partial charge in [0.25, 0.3) is 5.91 Å². The normalized spacial score (nSPS) is 23.3. The van der Waals surface area contributed by atoms with Crippen LogP contribution in [0.2, 0.25) is 0 Å². The average Bonchev–Trinajstić information content (AvgIpc) is 3.74. The van der Waals surface area contributed by atoms with E-state index < -0.39 is 34.7 Å². The van der Waals surface area contributed by atoms with Crippen LogP contribution in [0.3, 0.4) is 0 Å². The van der Waals surface area contributed by atoms with E-state index in [-0.39, 0.29) is 43.3 Å². The number of amides is 4. The van der Waals surface area contributed by atoms with E-state index in [4.69, 9.17) is 14.2 Å². The van der Waals surface area contributed by atoms with Crippen molar-refractivity contribution in [3.05, 3.63) is 18.2 Å². The van der Waals surface area contributed by atoms with Gasteiger partial charge in [-0.1, -0.05) is 0 Å². The van der Waals surface area contributed by atoms with Gasteiger partial charge in [0.1, 0.15) is 16.9 Å². The predicted octanol–water partition coefficient (Wildman–Crippen LogP) is 4.55. The molecule has 1 N–H and O–H groups in total. The van der Waals surface area contributed by atoms with Gasteiger partial charge in [-0.05, 0) is 104 Å². The highest BCUT2D eigenvalue weighted by atomic mass is 16.6. The van der Waals surface area contributed by atoms with Gasteiger partial charge in [-0.15, -0.1) is 0 Å². The summed E-state index contributed by atoms with van der Waals surface area (Å²) in [5, 5.41) is 12.9. The molecular formula is C35H49N5O7. The molecule has 0 bridgehead atoms. The lowest BCUT2D eigenvalue weighted by atomic mass is 9.86. The molecule has 2 heterocycles. The first-order valence-corrected chi connectivity index (χ1v) is 16.9. The lowest BCUT2D eigenvalue weighted by molar-refractivity contribution is -0.133. The second kappa shape index (κ2) is 13.3. The molecule has 1 saturated heterocycles. The van der Waals surface area contributed by atoms with Crippen LogP contribution in [0.25, 0.3) is 0 Å². The number of fused-ring (bicyclic) bond motifs is 1. The summed E-state index contributed by atoms with van der Waals surface area (Å²) >= 11 is 0. The van der Waals surface area contributed by atoms with Crippen molar-refractivity contribution in [1.82, 2.24) is 10.2 Å². The smallest absolute Gasteiger partial charge is 0.410 e. The Bertz CT molecular complexity index is 1420. The number of hydrogen-bond donors (Lipinski definition) is 1. The van der Waals surface area contributed by atoms with Crippen LogP contribution in [-0.2, 0) is 23.9 Å². The molecule has 2 aliphatic heterocycles. The van der Waals surface area contributed by atoms with Crippen molar-refractivity contribution in [2.24, 2.45) is 11.8 Å². The highest BCUT2D eigenvalue weighted by Crippen LogP contribution is 2.43. The molecule has 5 rings (SSSR count). The van der Waals surface area contributed by atoms with Crippen LogP contribution in [0.4, 0.5) is 16.2 Å². The minimum atomic E-state index is -1.04. The lowest BCUT2D eigenvalue weighted by Gasteiger charge is -2.41. The van der Waals surface area contributed by atoms with E-state index in [9.17, 15) is 24.4 Å². The fourth-order valence-electron chi connectivity index (χ4n) is 6.87. The summed E-state index contributed by atoms with van der Waals surface area (Å²) in [6, 6.07) is 7.74. The molecule has 2 aliphatic carbocycles. The van der Waals surface area contributed by atoms with E-state index in [1.54, 1.807) is 57.6 Å². The maximum absolute atomic E-state index is 14.5. The van der Waals surface area contributed by atoms with Gasteiger partial charge in [-0.3, -0.25) is 14.4 Å². The number of carbonyl (C=O) groups is 4. The highest BCUT2D eigenvalue weighted by Gasteiger charge is 2.46. The summed E-state index contributed by atoms with van der Waals surface area (Å²) in [6.07, 6.45) is 4.81. The average molecular weight is 652 g/mol. The standard InChI is InChI=1S/C35H49N5O7/c1-33(2,3)47-32(44)38-20-23(29(41)37-35(22-36)14-7-8-15-35)18-24(21-38)30(42)40(25-10-11-25)26-12-13-28-27(19-26)39(16-9-17-45-6)31(43)34(4,5)46-28/h12-13,19,23-25H,7-11,14-18,20-21H2,1-6H3,(H,37,41)/t23-,24?/m0/s1. The molecular weight excluding hydrogens is 602 g/mol. The topological polar surface area (TPSA) is 142 Å². The Morgan fingerprint density at radius 1 is 1.13 bits per heavy atom. The molecule has 1 unspecified atom stereocenters. The van der Waals surface area contributed by atoms with Crippen molar-refractivity contribution in [2.75, 3.05) is 43.2 Å². The zero-order valence-electron chi connectivity index (χ0n) is 28.6. The van der Waals surface area contributed by atoms with Crippen LogP contribution < -0.4 is 19.9 Å². The van der Waals surface area contributed by atoms with Crippen molar-refractivity contribution >= 4 is 35.2 Å². The molecule has 12 heteroatoms. The second-order valence-corrected chi connectivity index (χ2v) is 14.9. The number of nitrogens with one attached hydrogen (secondary N) is 1. The molecule has 256 valence electrons. The van der Waals surface area contributed by atoms with Crippen LogP contribution in [0.1, 0.15) is 86.0 Å². The number of nitriles is 1. The van der Waals surface area contributed by atoms with E-state index in [1.165, 1.54) is 4.90 Å². The number of piperidine rings is 1. The number of anilines is 2. The third-order valence-corrected chi connectivity index (χ3v) is 9.37. The largest absolute Gasteiger partial charge is 0.476 e. The van der Waals surface area contributed by atoms with Crippen molar-refractivity contribution in [3.8, 4) is 11.8 Å². The second-order valence-electron chi connectivity index (χ2n) is 14.9. The number of ether oxygens (including phenoxy) is 3. The van der Waals surface area contributed by atoms with E-state index in [0.717, 1.165) is 25.7 Å². The molecule has 47 heavy (non-hydrogen) atoms. The first-order valence-electron chi connectivity index (χ1n) is 16.9. The minimum absolute atomic E-state index is 0.0383. The molecule has 0 spiro atoms. The summed E-state index contributed by atoms with van der Waals surface area (Å²) < 4.78 is 17.0. The number of benzene rings is 1. The van der Waals surface area contributed by atoms with Crippen LogP contribution in [0, 0.1) is 23.2 Å². The van der Waals surface area contributed by atoms with Crippen molar-refractivity contribution in [1.29, 1.82) is 5.26 Å². The molecule has 12 nitrogen and oxygen atoms in total. The van der Waals surface area contributed by atoms with Gasteiger partial charge in [0.2, 0.25) is 11.8 Å². The summed E-state index contributed by atoms with van der Waals surface area (Å²) in [7, 11) is 1.62. The number of likely N-dealkylation sites (tertiary alicyclic amines) is 1. The number of rotatable bonds is 9. The zero-order chi connectivity index (χ0) is 34.1. The summed E-state index contributed by atoms with van der Waals surface area (Å²) in [5.41, 5.74) is -1.49. The molecule has 2 saturated carbocycles. The number of nitrogens with zero attached hydrogens (tertiary/aromatic N) is 4. The third kappa shape index (κ3) is 7.67. The first kappa shape index (κ1) is 34.5. The van der Waals surface area contributed by atoms with Crippen molar-refractivity contribution < 1.29 is 33.4 Å². The molecule has 1 aromatic rings. The van der Waals surface area contributed by atoms with E-state index in [1.807, 2.05) is 12.1 Å². The van der Waals surface area contributed by atoms with Crippen LogP contribution in [-0.4, -0.2) is 84.8 Å². The van der Waals surface area contributed by atoms with Gasteiger partial charge in [-0.25, -0.2) is 4.79 Å². The van der Waals surface area contributed by atoms with Gasteiger partial charge in [0, 0.05) is 45.1 Å². The molecule has 1 aromatic carbocycles. The lowest BCUT2D eigenvalue weighted by Crippen LogP contribution is -2.56. The summed E-state index contributed by atoms with van der Waals surface area (Å²) in [4.78, 5) is 59.9. The Morgan fingerprint density at radius 2 is 1.81 bits per heavy atom. The SMILES string of the molecule is COCCCN1C(=O)C(C)(C)Oc2ccc(N(C(=O)C3C[C@H](C(=O)NC4(C#N)CCCC4)CN(C(=O)OC(C)(C)C)C3)C3CC3)cc21. The number of carbonyl (C=O) groups excluding carboxylic acids is 4. The first-order chi connectivity index (χ1) is 22.2. The maximum atomic E-state index is 14.5. The van der Waals surface area contributed by atoms with Gasteiger partial charge >= 0.3 is 6.09 Å². The molecule has 3 fully saturated rings. The van der Waals surface area contributed by atoms with E-state index in [2.05, 4.69) is 11.4 Å². The van der Waals surface area contributed by atoms with E-state index in [0.29, 0.717) is 49.5 Å². The number of hydrogen-bond acceptors (Lipinski definition) is 8. The zero-order valence-corrected chi connectivity index (χ0v) is 28.6. The fraction of sp³-hybridized carbons (Fsp3) is 0.686. The monoisotopic (exact) mass is 651 g/mol. The van der Waals surface area contributed by atoms with Crippen LogP contribution in [0.15, 0.2) is 18.2 Å². The predicted molar refractivity (Wildman–Crippen MR) is 175 cm³/mol. The summed E-state index contributed by atoms with van der Waals surface area (Å²) in [5.74, 6) is -1.50. The van der Waals surface area contributed by atoms with E-state index >= 15 is 0 Å². The Balaban J connectivity index is 1.44. The molecule has 4 amide bonds. The Kier molecular flexibility index (Phi) is 9.79. The van der Waals surface area contributed by atoms with Gasteiger partial charge < -0.3 is 34.2 Å². The maximum Gasteiger partial charge on any atom is 0.410 e. The van der Waals surface area contributed by atoms with Gasteiger partial charge in [0.05, 0.1) is 23.6 Å². The van der Waals surface area contributed by atoms with Gasteiger partial charge in [0.15, 0.2) is 5.60 Å².